The maximum absolute atomic E-state index is 14.4. The van der Waals surface area contributed by atoms with E-state index >= 15 is 0 Å². The maximum atomic E-state index is 14.4. The molecule has 0 heterocycles. The van der Waals surface area contributed by atoms with Gasteiger partial charge in [-0.2, -0.15) is 0 Å². The molecule has 0 aliphatic rings. The molecule has 0 aliphatic carbocycles. The lowest BCUT2D eigenvalue weighted by atomic mass is 10.0. The smallest absolute Gasteiger partial charge is 0.264 e. The number of carbonyl (C=O) groups is 2. The molecule has 0 bridgehead atoms. The normalized spacial score (nSPS) is 11.8. The molecule has 45 heavy (non-hydrogen) atoms. The quantitative estimate of drug-likeness (QED) is 0.199. The number of halogens is 2. The molecule has 236 valence electrons. The van der Waals surface area contributed by atoms with Gasteiger partial charge in [0.05, 0.1) is 24.8 Å². The summed E-state index contributed by atoms with van der Waals surface area (Å²) in [5.74, 6) is -0.497. The van der Waals surface area contributed by atoms with Crippen LogP contribution in [0.5, 0.6) is 11.5 Å². The van der Waals surface area contributed by atoms with E-state index in [-0.39, 0.29) is 29.3 Å². The molecular formula is C33H33Cl2N3O6S. The number of benzene rings is 4. The molecule has 0 fully saturated rings. The molecule has 4 rings (SSSR count). The molecule has 0 spiro atoms. The Bertz CT molecular complexity index is 1740. The first-order chi connectivity index (χ1) is 21.6. The number of likely N-dealkylation sites (N-methyl/N-ethyl adjacent to an activating group) is 1. The van der Waals surface area contributed by atoms with Gasteiger partial charge in [0.2, 0.25) is 11.8 Å². The summed E-state index contributed by atoms with van der Waals surface area (Å²) in [5, 5.41) is 3.36. The Kier molecular flexibility index (Phi) is 11.3. The van der Waals surface area contributed by atoms with Gasteiger partial charge in [-0.3, -0.25) is 13.9 Å². The van der Waals surface area contributed by atoms with Crippen molar-refractivity contribution in [3.63, 3.8) is 0 Å². The fourth-order valence-electron chi connectivity index (χ4n) is 4.78. The molecule has 1 N–H and O–H groups in total. The highest BCUT2D eigenvalue weighted by Gasteiger charge is 2.35. The zero-order valence-corrected chi connectivity index (χ0v) is 27.3. The van der Waals surface area contributed by atoms with Crippen LogP contribution in [0.2, 0.25) is 10.0 Å². The van der Waals surface area contributed by atoms with Crippen molar-refractivity contribution in [2.45, 2.75) is 23.9 Å². The molecule has 12 heteroatoms. The summed E-state index contributed by atoms with van der Waals surface area (Å²) >= 11 is 12.6. The molecule has 1 atom stereocenters. The summed E-state index contributed by atoms with van der Waals surface area (Å²) < 4.78 is 40.0. The summed E-state index contributed by atoms with van der Waals surface area (Å²) in [6.07, 6.45) is 0.172. The van der Waals surface area contributed by atoms with Crippen LogP contribution in [0.4, 0.5) is 5.69 Å². The van der Waals surface area contributed by atoms with Crippen LogP contribution in [0.25, 0.3) is 0 Å². The Morgan fingerprint density at radius 2 is 1.49 bits per heavy atom. The molecule has 4 aromatic rings. The number of nitrogens with one attached hydrogen (secondary N) is 1. The van der Waals surface area contributed by atoms with Crippen molar-refractivity contribution < 1.29 is 27.5 Å². The number of sulfonamides is 1. The van der Waals surface area contributed by atoms with E-state index in [1.807, 2.05) is 30.3 Å². The van der Waals surface area contributed by atoms with Crippen molar-refractivity contribution in [1.82, 2.24) is 10.2 Å². The van der Waals surface area contributed by atoms with E-state index in [1.54, 1.807) is 48.5 Å². The number of nitrogens with zero attached hydrogens (tertiary/aromatic N) is 2. The number of carbonyl (C=O) groups excluding carboxylic acids is 2. The zero-order valence-electron chi connectivity index (χ0n) is 24.9. The number of rotatable bonds is 13. The highest BCUT2D eigenvalue weighted by Crippen LogP contribution is 2.32. The minimum absolute atomic E-state index is 0.0845. The van der Waals surface area contributed by atoms with Gasteiger partial charge in [0.15, 0.2) is 11.5 Å². The first-order valence-corrected chi connectivity index (χ1v) is 16.1. The first kappa shape index (κ1) is 33.6. The van der Waals surface area contributed by atoms with Crippen LogP contribution in [0, 0.1) is 0 Å². The maximum Gasteiger partial charge on any atom is 0.264 e. The van der Waals surface area contributed by atoms with E-state index in [9.17, 15) is 18.0 Å². The summed E-state index contributed by atoms with van der Waals surface area (Å²) in [7, 11) is -0.00270. The van der Waals surface area contributed by atoms with Crippen LogP contribution in [-0.2, 0) is 32.6 Å². The number of para-hydroxylation sites is 1. The molecule has 4 aromatic carbocycles. The second-order valence-corrected chi connectivity index (χ2v) is 12.6. The third-order valence-corrected chi connectivity index (χ3v) is 9.50. The molecule has 0 unspecified atom stereocenters. The van der Waals surface area contributed by atoms with Crippen LogP contribution < -0.4 is 19.1 Å². The molecule has 2 amide bonds. The van der Waals surface area contributed by atoms with Crippen molar-refractivity contribution in [2.75, 3.05) is 32.1 Å². The van der Waals surface area contributed by atoms with Crippen molar-refractivity contribution in [3.05, 3.63) is 118 Å². The summed E-state index contributed by atoms with van der Waals surface area (Å²) in [6.45, 7) is -0.701. The molecule has 0 saturated carbocycles. The summed E-state index contributed by atoms with van der Waals surface area (Å²) in [4.78, 5) is 29.0. The van der Waals surface area contributed by atoms with E-state index in [0.717, 1.165) is 9.87 Å². The van der Waals surface area contributed by atoms with Gasteiger partial charge in [0, 0.05) is 36.1 Å². The monoisotopic (exact) mass is 669 g/mol. The number of methoxy groups -OCH3 is 2. The average molecular weight is 671 g/mol. The van der Waals surface area contributed by atoms with Crippen molar-refractivity contribution in [1.29, 1.82) is 0 Å². The summed E-state index contributed by atoms with van der Waals surface area (Å²) in [5.41, 5.74) is 1.60. The molecule has 0 aromatic heterocycles. The second-order valence-electron chi connectivity index (χ2n) is 9.94. The van der Waals surface area contributed by atoms with Gasteiger partial charge in [0.1, 0.15) is 12.6 Å². The van der Waals surface area contributed by atoms with Gasteiger partial charge in [-0.25, -0.2) is 8.42 Å². The van der Waals surface area contributed by atoms with E-state index < -0.39 is 34.4 Å². The lowest BCUT2D eigenvalue weighted by Crippen LogP contribution is -2.53. The Morgan fingerprint density at radius 3 is 2.09 bits per heavy atom. The third kappa shape index (κ3) is 8.08. The van der Waals surface area contributed by atoms with Crippen molar-refractivity contribution in [3.8, 4) is 11.5 Å². The standard InChI is InChI=1S/C33H33Cl2N3O6S/c1-36-33(40)29(18-23-10-6-4-7-11-23)37(21-24-14-15-25(34)19-28(24)35)32(39)22-38(26-12-8-5-9-13-26)45(41,42)27-16-17-30(43-2)31(20-27)44-3/h4-17,19-20,29H,18,21-22H2,1-3H3,(H,36,40)/t29-/m0/s1. The Hall–Kier alpha value is -4.25. The van der Waals surface area contributed by atoms with E-state index in [2.05, 4.69) is 5.32 Å². The van der Waals surface area contributed by atoms with Gasteiger partial charge in [-0.15, -0.1) is 0 Å². The number of hydrogen-bond donors (Lipinski definition) is 1. The third-order valence-electron chi connectivity index (χ3n) is 7.14. The Balaban J connectivity index is 1.81. The molecule has 0 saturated heterocycles. The van der Waals surface area contributed by atoms with E-state index in [4.69, 9.17) is 32.7 Å². The SMILES string of the molecule is CNC(=O)[C@H](Cc1ccccc1)N(Cc1ccc(Cl)cc1Cl)C(=O)CN(c1ccccc1)S(=O)(=O)c1ccc(OC)c(OC)c1. The number of amides is 2. The Morgan fingerprint density at radius 1 is 0.844 bits per heavy atom. The zero-order chi connectivity index (χ0) is 32.6. The van der Waals surface area contributed by atoms with Gasteiger partial charge < -0.3 is 19.7 Å². The van der Waals surface area contributed by atoms with Crippen LogP contribution in [0.3, 0.4) is 0 Å². The van der Waals surface area contributed by atoms with Gasteiger partial charge in [0.25, 0.3) is 10.0 Å². The number of anilines is 1. The molecular weight excluding hydrogens is 637 g/mol. The van der Waals surface area contributed by atoms with Crippen LogP contribution in [0.1, 0.15) is 11.1 Å². The minimum atomic E-state index is -4.33. The second kappa shape index (κ2) is 15.2. The van der Waals surface area contributed by atoms with E-state index in [1.165, 1.54) is 44.4 Å². The lowest BCUT2D eigenvalue weighted by molar-refractivity contribution is -0.139. The molecule has 0 aliphatic heterocycles. The van der Waals surface area contributed by atoms with Gasteiger partial charge >= 0.3 is 0 Å². The van der Waals surface area contributed by atoms with Gasteiger partial charge in [-0.05, 0) is 47.5 Å². The number of ether oxygens (including phenoxy) is 2. The highest BCUT2D eigenvalue weighted by molar-refractivity contribution is 7.92. The average Bonchev–Trinajstić information content (AvgIpc) is 3.06. The van der Waals surface area contributed by atoms with Crippen molar-refractivity contribution >= 4 is 50.7 Å². The van der Waals surface area contributed by atoms with Crippen LogP contribution in [0.15, 0.2) is 102 Å². The predicted octanol–water partition coefficient (Wildman–Crippen LogP) is 5.59. The topological polar surface area (TPSA) is 105 Å². The first-order valence-electron chi connectivity index (χ1n) is 13.9. The largest absolute Gasteiger partial charge is 0.493 e. The predicted molar refractivity (Wildman–Crippen MR) is 176 cm³/mol. The summed E-state index contributed by atoms with van der Waals surface area (Å²) in [6, 6.07) is 25.5. The Labute approximate surface area is 273 Å². The lowest BCUT2D eigenvalue weighted by Gasteiger charge is -2.33. The fraction of sp³-hybridized carbons (Fsp3) is 0.212. The highest BCUT2D eigenvalue weighted by atomic mass is 35.5. The van der Waals surface area contributed by atoms with Crippen LogP contribution in [-0.4, -0.2) is 59.0 Å². The minimum Gasteiger partial charge on any atom is -0.493 e. The van der Waals surface area contributed by atoms with Crippen molar-refractivity contribution in [2.24, 2.45) is 0 Å². The fourth-order valence-corrected chi connectivity index (χ4v) is 6.68. The molecule has 0 radical (unpaired) electrons. The van der Waals surface area contributed by atoms with Crippen LogP contribution >= 0.6 is 23.2 Å². The van der Waals surface area contributed by atoms with E-state index in [0.29, 0.717) is 21.4 Å². The molecule has 9 nitrogen and oxygen atoms in total. The number of hydrogen-bond acceptors (Lipinski definition) is 6. The van der Waals surface area contributed by atoms with Gasteiger partial charge in [-0.1, -0.05) is 77.8 Å².